The van der Waals surface area contributed by atoms with Crippen molar-refractivity contribution in [3.63, 3.8) is 0 Å². The van der Waals surface area contributed by atoms with Crippen LogP contribution in [0, 0.1) is 5.82 Å². The van der Waals surface area contributed by atoms with Crippen molar-refractivity contribution in [2.75, 3.05) is 23.9 Å². The third-order valence-corrected chi connectivity index (χ3v) is 6.84. The van der Waals surface area contributed by atoms with Crippen LogP contribution in [0.25, 0.3) is 6.08 Å². The second kappa shape index (κ2) is 11.3. The minimum Gasteiger partial charge on any atom is -0.493 e. The maximum absolute atomic E-state index is 13.3. The Kier molecular flexibility index (Phi) is 8.15. The van der Waals surface area contributed by atoms with Gasteiger partial charge in [0.05, 0.1) is 33.4 Å². The molecule has 3 aromatic rings. The number of thioether (sulfide) groups is 1. The summed E-state index contributed by atoms with van der Waals surface area (Å²) in [6, 6.07) is 15.5. The molecule has 0 radical (unpaired) electrons. The van der Waals surface area contributed by atoms with Gasteiger partial charge in [0, 0.05) is 0 Å². The van der Waals surface area contributed by atoms with Crippen molar-refractivity contribution in [2.45, 2.75) is 0 Å². The highest BCUT2D eigenvalue weighted by Gasteiger charge is 2.33. The van der Waals surface area contributed by atoms with Crippen LogP contribution < -0.4 is 19.7 Å². The van der Waals surface area contributed by atoms with Crippen LogP contribution in [0.4, 0.5) is 15.8 Å². The summed E-state index contributed by atoms with van der Waals surface area (Å²) in [4.78, 5) is 27.0. The molecule has 0 atom stereocenters. The fraction of sp³-hybridized carbons (Fsp3) is 0.0800. The standard InChI is InChI=1S/C25H17Cl2FN2O4S2/c1-33-20-11-14(12-21-24(32)30(25(35)36-21)16-8-6-15(28)7-9-16)10-18(27)23(20)34-13-22(31)29-19-5-3-2-4-17(19)26/h2-12H,13H2,1H3,(H,29,31)/b21-12-. The summed E-state index contributed by atoms with van der Waals surface area (Å²) < 4.78 is 24.6. The molecule has 1 fully saturated rings. The number of methoxy groups -OCH3 is 1. The summed E-state index contributed by atoms with van der Waals surface area (Å²) in [6.45, 7) is -0.336. The van der Waals surface area contributed by atoms with E-state index in [0.29, 0.717) is 31.2 Å². The third kappa shape index (κ3) is 5.82. The van der Waals surface area contributed by atoms with E-state index in [-0.39, 0.29) is 29.0 Å². The number of benzene rings is 3. The molecule has 3 aromatic carbocycles. The average Bonchev–Trinajstić information content (AvgIpc) is 3.12. The minimum absolute atomic E-state index is 0.171. The summed E-state index contributed by atoms with van der Waals surface area (Å²) in [5.41, 5.74) is 1.49. The molecule has 6 nitrogen and oxygen atoms in total. The van der Waals surface area contributed by atoms with E-state index in [1.807, 2.05) is 0 Å². The predicted molar refractivity (Wildman–Crippen MR) is 146 cm³/mol. The Morgan fingerprint density at radius 2 is 1.86 bits per heavy atom. The van der Waals surface area contributed by atoms with Crippen LogP contribution in [0.5, 0.6) is 11.5 Å². The predicted octanol–water partition coefficient (Wildman–Crippen LogP) is 6.56. The van der Waals surface area contributed by atoms with E-state index in [1.54, 1.807) is 42.5 Å². The van der Waals surface area contributed by atoms with Crippen molar-refractivity contribution in [1.29, 1.82) is 0 Å². The van der Waals surface area contributed by atoms with Gasteiger partial charge in [-0.1, -0.05) is 59.3 Å². The van der Waals surface area contributed by atoms with Crippen molar-refractivity contribution in [3.05, 3.63) is 87.0 Å². The Labute approximate surface area is 226 Å². The topological polar surface area (TPSA) is 67.9 Å². The highest BCUT2D eigenvalue weighted by Crippen LogP contribution is 2.40. The van der Waals surface area contributed by atoms with Crippen LogP contribution in [-0.2, 0) is 9.59 Å². The number of anilines is 2. The third-order valence-electron chi connectivity index (χ3n) is 4.92. The Morgan fingerprint density at radius 3 is 2.56 bits per heavy atom. The van der Waals surface area contributed by atoms with E-state index < -0.39 is 11.7 Å². The molecule has 0 bridgehead atoms. The molecule has 36 heavy (non-hydrogen) atoms. The fourth-order valence-electron chi connectivity index (χ4n) is 3.28. The number of rotatable bonds is 7. The van der Waals surface area contributed by atoms with Gasteiger partial charge in [0.1, 0.15) is 5.82 Å². The number of carbonyl (C=O) groups excluding carboxylic acids is 2. The van der Waals surface area contributed by atoms with Crippen molar-refractivity contribution in [2.24, 2.45) is 0 Å². The molecule has 1 saturated heterocycles. The molecule has 1 N–H and O–H groups in total. The van der Waals surface area contributed by atoms with Gasteiger partial charge in [-0.15, -0.1) is 0 Å². The van der Waals surface area contributed by atoms with Crippen LogP contribution in [0.1, 0.15) is 5.56 Å². The van der Waals surface area contributed by atoms with Crippen LogP contribution in [-0.4, -0.2) is 29.9 Å². The number of nitrogens with zero attached hydrogens (tertiary/aromatic N) is 1. The molecule has 2 amide bonds. The van der Waals surface area contributed by atoms with Gasteiger partial charge in [-0.3, -0.25) is 14.5 Å². The van der Waals surface area contributed by atoms with Crippen molar-refractivity contribution >= 4 is 80.8 Å². The number of halogens is 3. The summed E-state index contributed by atoms with van der Waals surface area (Å²) in [7, 11) is 1.43. The van der Waals surface area contributed by atoms with E-state index in [0.717, 1.165) is 11.8 Å². The largest absolute Gasteiger partial charge is 0.493 e. The first-order valence-electron chi connectivity index (χ1n) is 10.3. The maximum atomic E-state index is 13.3. The number of para-hydroxylation sites is 1. The molecule has 1 aliphatic heterocycles. The van der Waals surface area contributed by atoms with Gasteiger partial charge >= 0.3 is 0 Å². The van der Waals surface area contributed by atoms with Crippen LogP contribution in [0.2, 0.25) is 10.0 Å². The number of carbonyl (C=O) groups is 2. The first-order valence-corrected chi connectivity index (χ1v) is 12.3. The van der Waals surface area contributed by atoms with Gasteiger partial charge in [0.25, 0.3) is 11.8 Å². The van der Waals surface area contributed by atoms with E-state index in [2.05, 4.69) is 5.32 Å². The van der Waals surface area contributed by atoms with E-state index >= 15 is 0 Å². The summed E-state index contributed by atoms with van der Waals surface area (Å²) in [5, 5.41) is 3.24. The van der Waals surface area contributed by atoms with Gasteiger partial charge < -0.3 is 14.8 Å². The van der Waals surface area contributed by atoms with Gasteiger partial charge in [-0.05, 0) is 60.2 Å². The Hall–Kier alpha value is -3.11. The Balaban J connectivity index is 1.50. The van der Waals surface area contributed by atoms with Gasteiger partial charge in [-0.2, -0.15) is 0 Å². The lowest BCUT2D eigenvalue weighted by atomic mass is 10.1. The summed E-state index contributed by atoms with van der Waals surface area (Å²) in [6.07, 6.45) is 1.62. The monoisotopic (exact) mass is 562 g/mol. The number of ether oxygens (including phenoxy) is 2. The zero-order chi connectivity index (χ0) is 25.8. The molecule has 0 saturated carbocycles. The highest BCUT2D eigenvalue weighted by atomic mass is 35.5. The second-order valence-electron chi connectivity index (χ2n) is 7.34. The van der Waals surface area contributed by atoms with Gasteiger partial charge in [0.15, 0.2) is 22.4 Å². The quantitative estimate of drug-likeness (QED) is 0.259. The van der Waals surface area contributed by atoms with Gasteiger partial charge in [0.2, 0.25) is 0 Å². The smallest absolute Gasteiger partial charge is 0.270 e. The van der Waals surface area contributed by atoms with Crippen LogP contribution in [0.3, 0.4) is 0 Å². The van der Waals surface area contributed by atoms with E-state index in [9.17, 15) is 14.0 Å². The molecule has 0 aliphatic carbocycles. The Morgan fingerprint density at radius 1 is 1.14 bits per heavy atom. The molecule has 0 spiro atoms. The minimum atomic E-state index is -0.435. The SMILES string of the molecule is COc1cc(/C=C2\SC(=S)N(c3ccc(F)cc3)C2=O)cc(Cl)c1OCC(=O)Nc1ccccc1Cl. The molecule has 0 aromatic heterocycles. The molecule has 0 unspecified atom stereocenters. The normalized spacial score (nSPS) is 14.3. The van der Waals surface area contributed by atoms with Crippen molar-refractivity contribution < 1.29 is 23.5 Å². The first kappa shape index (κ1) is 26.0. The zero-order valence-electron chi connectivity index (χ0n) is 18.6. The molecular formula is C25H17Cl2FN2O4S2. The summed E-state index contributed by atoms with van der Waals surface area (Å²) in [5.74, 6) is -0.749. The Bertz CT molecular complexity index is 1380. The number of thiocarbonyl (C=S) groups is 1. The lowest BCUT2D eigenvalue weighted by molar-refractivity contribution is -0.118. The lowest BCUT2D eigenvalue weighted by Gasteiger charge is -2.14. The highest BCUT2D eigenvalue weighted by molar-refractivity contribution is 8.27. The first-order chi connectivity index (χ1) is 17.3. The number of hydrogen-bond acceptors (Lipinski definition) is 6. The van der Waals surface area contributed by atoms with E-state index in [4.69, 9.17) is 44.9 Å². The van der Waals surface area contributed by atoms with Crippen molar-refractivity contribution in [1.82, 2.24) is 0 Å². The van der Waals surface area contributed by atoms with Crippen molar-refractivity contribution in [3.8, 4) is 11.5 Å². The molecule has 4 rings (SSSR count). The summed E-state index contributed by atoms with van der Waals surface area (Å²) >= 11 is 18.9. The average molecular weight is 563 g/mol. The number of amides is 2. The lowest BCUT2D eigenvalue weighted by Crippen LogP contribution is -2.27. The molecule has 11 heteroatoms. The number of nitrogens with one attached hydrogen (secondary N) is 1. The van der Waals surface area contributed by atoms with Crippen LogP contribution in [0.15, 0.2) is 65.6 Å². The maximum Gasteiger partial charge on any atom is 0.270 e. The molecule has 1 heterocycles. The zero-order valence-corrected chi connectivity index (χ0v) is 21.7. The van der Waals surface area contributed by atoms with E-state index in [1.165, 1.54) is 36.3 Å². The second-order valence-corrected chi connectivity index (χ2v) is 9.83. The number of hydrogen-bond donors (Lipinski definition) is 1. The molecular weight excluding hydrogens is 546 g/mol. The molecule has 184 valence electrons. The van der Waals surface area contributed by atoms with Gasteiger partial charge in [-0.25, -0.2) is 4.39 Å². The molecule has 1 aliphatic rings. The van der Waals surface area contributed by atoms with Crippen LogP contribution >= 0.6 is 47.2 Å². The fourth-order valence-corrected chi connectivity index (χ4v) is 5.04.